The molecule has 1 N–H and O–H groups in total. The summed E-state index contributed by atoms with van der Waals surface area (Å²) in [6.45, 7) is 1.02. The van der Waals surface area contributed by atoms with Gasteiger partial charge in [0.25, 0.3) is 0 Å². The van der Waals surface area contributed by atoms with Gasteiger partial charge in [-0.15, -0.1) is 0 Å². The van der Waals surface area contributed by atoms with Gasteiger partial charge in [0.1, 0.15) is 29.5 Å². The number of hydrogen-bond acceptors (Lipinski definition) is 3. The Morgan fingerprint density at radius 1 is 1.10 bits per heavy atom. The first-order chi connectivity index (χ1) is 10.3. The third-order valence-electron chi connectivity index (χ3n) is 3.32. The molecule has 1 aromatic heterocycles. The first kappa shape index (κ1) is 13.6. The van der Waals surface area contributed by atoms with E-state index in [1.165, 1.54) is 12.1 Å². The van der Waals surface area contributed by atoms with Crippen LogP contribution in [0.2, 0.25) is 0 Å². The van der Waals surface area contributed by atoms with Crippen LogP contribution in [0.25, 0.3) is 11.0 Å². The van der Waals surface area contributed by atoms with Gasteiger partial charge in [0, 0.05) is 17.5 Å². The van der Waals surface area contributed by atoms with Crippen LogP contribution < -0.4 is 10.1 Å². The maximum Gasteiger partial charge on any atom is 0.147 e. The molecule has 21 heavy (non-hydrogen) atoms. The van der Waals surface area contributed by atoms with E-state index >= 15 is 0 Å². The van der Waals surface area contributed by atoms with Crippen molar-refractivity contribution in [2.75, 3.05) is 7.05 Å². The number of furan rings is 1. The van der Waals surface area contributed by atoms with Crippen molar-refractivity contribution in [3.05, 3.63) is 65.7 Å². The van der Waals surface area contributed by atoms with E-state index in [0.29, 0.717) is 18.9 Å². The van der Waals surface area contributed by atoms with Crippen molar-refractivity contribution in [2.45, 2.75) is 13.2 Å². The Labute approximate surface area is 122 Å². The molecule has 2 aromatic carbocycles. The molecule has 0 fully saturated rings. The summed E-state index contributed by atoms with van der Waals surface area (Å²) < 4.78 is 24.4. The normalized spacial score (nSPS) is 11.0. The molecule has 108 valence electrons. The second-order valence-corrected chi connectivity index (χ2v) is 4.77. The molecule has 0 aliphatic rings. The minimum Gasteiger partial charge on any atom is -0.486 e. The Bertz CT molecular complexity index is 734. The van der Waals surface area contributed by atoms with Gasteiger partial charge in [0.05, 0.1) is 0 Å². The summed E-state index contributed by atoms with van der Waals surface area (Å²) in [6, 6.07) is 13.9. The SMILES string of the molecule is CNCc1c(COc2ccc(F)cc2)oc2ccccc12. The van der Waals surface area contributed by atoms with Gasteiger partial charge in [0.15, 0.2) is 0 Å². The lowest BCUT2D eigenvalue weighted by Crippen LogP contribution is -2.07. The van der Waals surface area contributed by atoms with E-state index in [-0.39, 0.29) is 5.82 Å². The van der Waals surface area contributed by atoms with Crippen LogP contribution in [0.3, 0.4) is 0 Å². The molecule has 0 spiro atoms. The molecule has 0 aliphatic carbocycles. The summed E-state index contributed by atoms with van der Waals surface area (Å²) in [5.74, 6) is 1.13. The summed E-state index contributed by atoms with van der Waals surface area (Å²) in [7, 11) is 1.90. The molecule has 0 saturated carbocycles. The highest BCUT2D eigenvalue weighted by Gasteiger charge is 2.13. The Kier molecular flexibility index (Phi) is 3.88. The van der Waals surface area contributed by atoms with Crippen molar-refractivity contribution in [1.29, 1.82) is 0 Å². The summed E-state index contributed by atoms with van der Waals surface area (Å²) in [6.07, 6.45) is 0. The van der Waals surface area contributed by atoms with Crippen LogP contribution >= 0.6 is 0 Å². The maximum atomic E-state index is 12.9. The molecule has 0 amide bonds. The lowest BCUT2D eigenvalue weighted by Gasteiger charge is -2.06. The van der Waals surface area contributed by atoms with Gasteiger partial charge in [-0.05, 0) is 37.4 Å². The van der Waals surface area contributed by atoms with Crippen LogP contribution in [0.1, 0.15) is 11.3 Å². The molecule has 0 saturated heterocycles. The number of ether oxygens (including phenoxy) is 1. The Hall–Kier alpha value is -2.33. The molecule has 1 heterocycles. The van der Waals surface area contributed by atoms with Crippen LogP contribution in [0.15, 0.2) is 52.9 Å². The van der Waals surface area contributed by atoms with E-state index in [0.717, 1.165) is 22.3 Å². The van der Waals surface area contributed by atoms with Crippen molar-refractivity contribution in [1.82, 2.24) is 5.32 Å². The molecule has 3 rings (SSSR count). The second-order valence-electron chi connectivity index (χ2n) is 4.77. The highest BCUT2D eigenvalue weighted by molar-refractivity contribution is 5.82. The molecule has 0 bridgehead atoms. The number of rotatable bonds is 5. The van der Waals surface area contributed by atoms with Gasteiger partial charge in [-0.1, -0.05) is 18.2 Å². The van der Waals surface area contributed by atoms with E-state index in [9.17, 15) is 4.39 Å². The van der Waals surface area contributed by atoms with Crippen LogP contribution in [0, 0.1) is 5.82 Å². The maximum absolute atomic E-state index is 12.9. The second kappa shape index (κ2) is 5.97. The zero-order valence-corrected chi connectivity index (χ0v) is 11.7. The van der Waals surface area contributed by atoms with E-state index in [4.69, 9.17) is 9.15 Å². The molecule has 0 radical (unpaired) electrons. The molecule has 0 atom stereocenters. The fourth-order valence-corrected chi connectivity index (χ4v) is 2.32. The summed E-state index contributed by atoms with van der Waals surface area (Å²) in [5, 5.41) is 4.23. The summed E-state index contributed by atoms with van der Waals surface area (Å²) in [5.41, 5.74) is 1.94. The highest BCUT2D eigenvalue weighted by atomic mass is 19.1. The van der Waals surface area contributed by atoms with Crippen molar-refractivity contribution in [2.24, 2.45) is 0 Å². The fraction of sp³-hybridized carbons (Fsp3) is 0.176. The number of para-hydroxylation sites is 1. The first-order valence-corrected chi connectivity index (χ1v) is 6.80. The topological polar surface area (TPSA) is 34.4 Å². The average molecular weight is 285 g/mol. The summed E-state index contributed by atoms with van der Waals surface area (Å²) >= 11 is 0. The fourth-order valence-electron chi connectivity index (χ4n) is 2.32. The number of nitrogens with one attached hydrogen (secondary N) is 1. The third-order valence-corrected chi connectivity index (χ3v) is 3.32. The minimum atomic E-state index is -0.276. The lowest BCUT2D eigenvalue weighted by molar-refractivity contribution is 0.272. The third kappa shape index (κ3) is 2.90. The van der Waals surface area contributed by atoms with Crippen molar-refractivity contribution in [3.63, 3.8) is 0 Å². The molecule has 4 heteroatoms. The highest BCUT2D eigenvalue weighted by Crippen LogP contribution is 2.27. The van der Waals surface area contributed by atoms with Gasteiger partial charge in [-0.2, -0.15) is 0 Å². The van der Waals surface area contributed by atoms with E-state index in [1.807, 2.05) is 31.3 Å². The molecular formula is C17H16FNO2. The minimum absolute atomic E-state index is 0.276. The zero-order chi connectivity index (χ0) is 14.7. The average Bonchev–Trinajstić information content (AvgIpc) is 2.85. The lowest BCUT2D eigenvalue weighted by atomic mass is 10.1. The number of benzene rings is 2. The van der Waals surface area contributed by atoms with Gasteiger partial charge in [0.2, 0.25) is 0 Å². The number of hydrogen-bond donors (Lipinski definition) is 1. The quantitative estimate of drug-likeness (QED) is 0.772. The van der Waals surface area contributed by atoms with E-state index in [1.54, 1.807) is 12.1 Å². The van der Waals surface area contributed by atoms with Crippen LogP contribution in [0.5, 0.6) is 5.75 Å². The predicted octanol–water partition coefficient (Wildman–Crippen LogP) is 3.87. The molecule has 0 aliphatic heterocycles. The summed E-state index contributed by atoms with van der Waals surface area (Å²) in [4.78, 5) is 0. The standard InChI is InChI=1S/C17H16FNO2/c1-19-10-15-14-4-2-3-5-16(14)21-17(15)11-20-13-8-6-12(18)7-9-13/h2-9,19H,10-11H2,1H3. The molecule has 3 nitrogen and oxygen atoms in total. The predicted molar refractivity (Wildman–Crippen MR) is 79.7 cm³/mol. The van der Waals surface area contributed by atoms with Crippen molar-refractivity contribution >= 4 is 11.0 Å². The monoisotopic (exact) mass is 285 g/mol. The van der Waals surface area contributed by atoms with Crippen molar-refractivity contribution < 1.29 is 13.5 Å². The van der Waals surface area contributed by atoms with Crippen LogP contribution in [-0.4, -0.2) is 7.05 Å². The molecule has 3 aromatic rings. The Morgan fingerprint density at radius 3 is 2.62 bits per heavy atom. The first-order valence-electron chi connectivity index (χ1n) is 6.80. The largest absolute Gasteiger partial charge is 0.486 e. The van der Waals surface area contributed by atoms with Crippen LogP contribution in [-0.2, 0) is 13.2 Å². The van der Waals surface area contributed by atoms with E-state index in [2.05, 4.69) is 5.32 Å². The van der Waals surface area contributed by atoms with Crippen molar-refractivity contribution in [3.8, 4) is 5.75 Å². The van der Waals surface area contributed by atoms with Gasteiger partial charge < -0.3 is 14.5 Å². The number of halogens is 1. The van der Waals surface area contributed by atoms with Crippen LogP contribution in [0.4, 0.5) is 4.39 Å². The smallest absolute Gasteiger partial charge is 0.147 e. The van der Waals surface area contributed by atoms with Gasteiger partial charge >= 0.3 is 0 Å². The Morgan fingerprint density at radius 2 is 1.86 bits per heavy atom. The van der Waals surface area contributed by atoms with Gasteiger partial charge in [-0.25, -0.2) is 4.39 Å². The van der Waals surface area contributed by atoms with E-state index < -0.39 is 0 Å². The van der Waals surface area contributed by atoms with Gasteiger partial charge in [-0.3, -0.25) is 0 Å². The number of fused-ring (bicyclic) bond motifs is 1. The molecule has 0 unspecified atom stereocenters. The Balaban J connectivity index is 1.85. The zero-order valence-electron chi connectivity index (χ0n) is 11.7. The molecular weight excluding hydrogens is 269 g/mol.